The lowest BCUT2D eigenvalue weighted by Crippen LogP contribution is -2.33. The summed E-state index contributed by atoms with van der Waals surface area (Å²) in [5, 5.41) is 17.2. The van der Waals surface area contributed by atoms with Gasteiger partial charge >= 0.3 is 6.80 Å². The Morgan fingerprint density at radius 2 is 1.91 bits per heavy atom. The Balaban J connectivity index is 1.23. The van der Waals surface area contributed by atoms with Gasteiger partial charge in [0.15, 0.2) is 36.0 Å². The smallest absolute Gasteiger partial charge is 0.386 e. The number of aromatic nitrogens is 8. The zero-order chi connectivity index (χ0) is 32.2. The van der Waals surface area contributed by atoms with Crippen LogP contribution in [-0.4, -0.2) is 94.6 Å². The molecule has 0 amide bonds. The molecule has 0 saturated carbocycles. The average molecular weight is 714 g/mol. The second-order valence-electron chi connectivity index (χ2n) is 9.73. The summed E-state index contributed by atoms with van der Waals surface area (Å²) in [7, 11) is -3.04. The van der Waals surface area contributed by atoms with E-state index >= 15 is 8.78 Å². The van der Waals surface area contributed by atoms with Crippen molar-refractivity contribution in [2.45, 2.75) is 49.2 Å². The molecule has 19 nitrogen and oxygen atoms in total. The maximum absolute atomic E-state index is 15.7. The number of nitrogens with two attached hydrogens (primary N) is 1. The summed E-state index contributed by atoms with van der Waals surface area (Å²) < 4.78 is 85.5. The van der Waals surface area contributed by atoms with Crippen molar-refractivity contribution < 1.29 is 46.1 Å². The molecule has 6 heterocycles. The quantitative estimate of drug-likeness (QED) is 0.0963. The lowest BCUT2D eigenvalue weighted by molar-refractivity contribution is -0.0568. The minimum atomic E-state index is -4.59. The van der Waals surface area contributed by atoms with Crippen LogP contribution in [0.3, 0.4) is 0 Å². The second-order valence-corrected chi connectivity index (χ2v) is 14.5. The van der Waals surface area contributed by atoms with E-state index in [1.54, 1.807) is 0 Å². The van der Waals surface area contributed by atoms with Crippen LogP contribution in [0.15, 0.2) is 28.2 Å². The number of halogens is 2. The van der Waals surface area contributed by atoms with Crippen LogP contribution in [0.25, 0.3) is 22.2 Å². The number of aliphatic hydroxyl groups is 1. The summed E-state index contributed by atoms with van der Waals surface area (Å²) >= 11 is 7.64. The van der Waals surface area contributed by atoms with Crippen molar-refractivity contribution in [2.75, 3.05) is 18.9 Å². The Morgan fingerprint density at radius 3 is 2.64 bits per heavy atom. The molecule has 25 heteroatoms. The average Bonchev–Trinajstić information content (AvgIpc) is 3.73. The molecule has 4 aromatic rings. The number of H-pyrrole nitrogens is 2. The van der Waals surface area contributed by atoms with Crippen molar-refractivity contribution in [1.82, 2.24) is 39.5 Å². The molecule has 2 fully saturated rings. The highest BCUT2D eigenvalue weighted by Crippen LogP contribution is 2.57. The Labute approximate surface area is 259 Å². The van der Waals surface area contributed by atoms with Crippen molar-refractivity contribution in [1.29, 1.82) is 0 Å². The minimum Gasteiger partial charge on any atom is -0.394 e. The van der Waals surface area contributed by atoms with Crippen LogP contribution in [0.2, 0.25) is 0 Å². The number of nitrogens with one attached hydrogen (secondary N) is 2. The van der Waals surface area contributed by atoms with E-state index in [0.717, 1.165) is 11.0 Å². The molecule has 2 aliphatic heterocycles. The summed E-state index contributed by atoms with van der Waals surface area (Å²) in [4.78, 5) is 36.9. The molecule has 5 N–H and O–H groups in total. The molecule has 0 aromatic carbocycles. The van der Waals surface area contributed by atoms with E-state index < -0.39 is 87.6 Å². The Morgan fingerprint density at radius 1 is 1.16 bits per heavy atom. The van der Waals surface area contributed by atoms with Gasteiger partial charge in [-0.05, 0) is 6.07 Å². The molecule has 0 spiro atoms. The fourth-order valence-electron chi connectivity index (χ4n) is 5.03. The number of hydrogen-bond acceptors (Lipinski definition) is 15. The number of anilines is 1. The molecule has 2 unspecified atom stereocenters. The van der Waals surface area contributed by atoms with E-state index in [1.807, 2.05) is 0 Å². The van der Waals surface area contributed by atoms with Gasteiger partial charge in [0.25, 0.3) is 11.1 Å². The van der Waals surface area contributed by atoms with Crippen molar-refractivity contribution >= 4 is 66.7 Å². The standard InChI is InChI=1S/C20H23F2N9O10P2S2/c21-9-7(3-32)38-19(31-15-11(28-29-31)17(34)27-20(23)26-15)13(9)41-43(36,45)37-4-8-12(40-42(35)44)10(22)18(39-8)30-2-1-6-14(30)24-5-25-16(6)33/h1-2,5,7-10,12-13,18-19,32,42H,3-4H2,(H,35,44)(H,36,45)(H,24,25,33)(H3,23,26,27,34)/t7-,8-,9+,10+,12-,13-,18-,19-,43?/m1/s1. The van der Waals surface area contributed by atoms with Crippen molar-refractivity contribution in [3.8, 4) is 0 Å². The number of aliphatic hydroxyl groups excluding tert-OH is 1. The SMILES string of the molecule is Nc1nc2c(nnn2[C@@H]2O[C@H](CO)[C@H](F)[C@H]2OP(=O)(S)OC[C@H]2O[C@@H](n3ccc4c(=O)[nH]cnc43)[C@@H](F)[C@@H]2O[PH](=O)S)c(=O)[nH]1. The first-order chi connectivity index (χ1) is 21.4. The van der Waals surface area contributed by atoms with Gasteiger partial charge in [-0.3, -0.25) is 28.2 Å². The van der Waals surface area contributed by atoms with Crippen molar-refractivity contribution in [2.24, 2.45) is 0 Å². The predicted octanol–water partition coefficient (Wildman–Crippen LogP) is 0.443. The number of nitrogen functional groups attached to an aromatic ring is 1. The van der Waals surface area contributed by atoms with E-state index in [0.29, 0.717) is 0 Å². The van der Waals surface area contributed by atoms with E-state index in [2.05, 4.69) is 54.7 Å². The lowest BCUT2D eigenvalue weighted by atomic mass is 10.1. The molecule has 2 aliphatic rings. The van der Waals surface area contributed by atoms with Gasteiger partial charge in [-0.15, -0.1) is 5.10 Å². The number of nitrogens with zero attached hydrogens (tertiary/aromatic N) is 6. The van der Waals surface area contributed by atoms with Crippen LogP contribution >= 0.6 is 38.5 Å². The van der Waals surface area contributed by atoms with Gasteiger partial charge in [0.2, 0.25) is 13.2 Å². The van der Waals surface area contributed by atoms with E-state index in [-0.39, 0.29) is 28.1 Å². The van der Waals surface area contributed by atoms with Gasteiger partial charge in [-0.25, -0.2) is 18.3 Å². The summed E-state index contributed by atoms with van der Waals surface area (Å²) in [6, 6.07) is 1.39. The molecular weight excluding hydrogens is 690 g/mol. The normalized spacial score (nSPS) is 30.7. The van der Waals surface area contributed by atoms with Gasteiger partial charge in [-0.1, -0.05) is 29.7 Å². The van der Waals surface area contributed by atoms with E-state index in [4.69, 9.17) is 28.8 Å². The topological polar surface area (TPSA) is 254 Å². The monoisotopic (exact) mass is 713 g/mol. The van der Waals surface area contributed by atoms with E-state index in [1.165, 1.54) is 16.8 Å². The molecule has 45 heavy (non-hydrogen) atoms. The molecule has 10 atom stereocenters. The van der Waals surface area contributed by atoms with E-state index in [9.17, 15) is 23.8 Å². The van der Waals surface area contributed by atoms with Gasteiger partial charge in [-0.2, -0.15) is 9.67 Å². The zero-order valence-electron chi connectivity index (χ0n) is 22.2. The van der Waals surface area contributed by atoms with Crippen LogP contribution < -0.4 is 16.9 Å². The summed E-state index contributed by atoms with van der Waals surface area (Å²) in [6.45, 7) is -6.15. The largest absolute Gasteiger partial charge is 0.394 e. The molecule has 4 aromatic heterocycles. The fourth-order valence-corrected chi connectivity index (χ4v) is 7.36. The van der Waals surface area contributed by atoms with Crippen LogP contribution in [0, 0.1) is 0 Å². The Hall–Kier alpha value is -2.72. The molecule has 0 aliphatic carbocycles. The third-order valence-corrected chi connectivity index (χ3v) is 9.39. The van der Waals surface area contributed by atoms with Gasteiger partial charge in [0.05, 0.1) is 24.9 Å². The highest BCUT2D eigenvalue weighted by molar-refractivity contribution is 8.44. The van der Waals surface area contributed by atoms with Crippen molar-refractivity contribution in [3.63, 3.8) is 0 Å². The number of fused-ring (bicyclic) bond motifs is 2. The van der Waals surface area contributed by atoms with Gasteiger partial charge < -0.3 is 34.4 Å². The first-order valence-corrected chi connectivity index (χ1v) is 18.1. The van der Waals surface area contributed by atoms with Crippen LogP contribution in [0.4, 0.5) is 14.7 Å². The highest BCUT2D eigenvalue weighted by Gasteiger charge is 2.52. The minimum absolute atomic E-state index is 0.0759. The number of rotatable bonds is 10. The predicted molar refractivity (Wildman–Crippen MR) is 156 cm³/mol. The molecule has 2 saturated heterocycles. The summed E-state index contributed by atoms with van der Waals surface area (Å²) in [5.74, 6) is -0.317. The Bertz CT molecular complexity index is 1930. The highest BCUT2D eigenvalue weighted by atomic mass is 32.7. The zero-order valence-corrected chi connectivity index (χ0v) is 25.9. The summed E-state index contributed by atoms with van der Waals surface area (Å²) in [6.07, 6.45) is -11.0. The number of alkyl halides is 2. The fraction of sp³-hybridized carbons (Fsp3) is 0.500. The van der Waals surface area contributed by atoms with Gasteiger partial charge in [0.1, 0.15) is 30.1 Å². The number of thiol groups is 2. The molecule has 0 bridgehead atoms. The van der Waals surface area contributed by atoms with Crippen LogP contribution in [0.5, 0.6) is 0 Å². The summed E-state index contributed by atoms with van der Waals surface area (Å²) in [5.41, 5.74) is 3.93. The third kappa shape index (κ3) is 6.09. The van der Waals surface area contributed by atoms with Gasteiger partial charge in [0, 0.05) is 6.20 Å². The Kier molecular flexibility index (Phi) is 8.93. The third-order valence-electron chi connectivity index (χ3n) is 6.99. The maximum Gasteiger partial charge on any atom is 0.386 e. The van der Waals surface area contributed by atoms with Crippen LogP contribution in [-0.2, 0) is 32.2 Å². The molecule has 244 valence electrons. The van der Waals surface area contributed by atoms with Crippen LogP contribution in [0.1, 0.15) is 12.5 Å². The number of ether oxygens (including phenoxy) is 2. The first kappa shape index (κ1) is 32.2. The first-order valence-electron chi connectivity index (χ1n) is 12.8. The number of hydrogen-bond donors (Lipinski definition) is 6. The maximum atomic E-state index is 15.7. The molecule has 6 rings (SSSR count). The lowest BCUT2D eigenvalue weighted by Gasteiger charge is -2.24. The number of aromatic amines is 2. The van der Waals surface area contributed by atoms with Crippen molar-refractivity contribution in [3.05, 3.63) is 39.3 Å². The molecule has 0 radical (unpaired) electrons. The molecular formula is C20H23F2N9O10P2S2. The second kappa shape index (κ2) is 12.5.